The molecule has 3 nitrogen and oxygen atoms in total. The molecule has 1 aromatic carbocycles. The second-order valence-corrected chi connectivity index (χ2v) is 4.87. The van der Waals surface area contributed by atoms with Gasteiger partial charge >= 0.3 is 0 Å². The number of likely N-dealkylation sites (N-methyl/N-ethyl adjacent to an activating group) is 1. The first-order chi connectivity index (χ1) is 8.29. The zero-order valence-electron chi connectivity index (χ0n) is 10.5. The number of benzene rings is 1. The van der Waals surface area contributed by atoms with Gasteiger partial charge in [0.15, 0.2) is 0 Å². The number of aliphatic hydroxyl groups is 1. The van der Waals surface area contributed by atoms with Crippen molar-refractivity contribution in [3.8, 4) is 0 Å². The summed E-state index contributed by atoms with van der Waals surface area (Å²) in [5, 5.41) is 8.93. The van der Waals surface area contributed by atoms with E-state index in [9.17, 15) is 0 Å². The molecule has 0 unspecified atom stereocenters. The lowest BCUT2D eigenvalue weighted by atomic mass is 10.1. The first-order valence-corrected chi connectivity index (χ1v) is 6.37. The quantitative estimate of drug-likeness (QED) is 0.829. The molecule has 0 aromatic heterocycles. The summed E-state index contributed by atoms with van der Waals surface area (Å²) in [5.74, 6) is 0. The summed E-state index contributed by atoms with van der Waals surface area (Å²) in [4.78, 5) is 4.76. The second-order valence-electron chi connectivity index (χ2n) is 4.87. The minimum atomic E-state index is 0.273. The Balaban J connectivity index is 1.83. The van der Waals surface area contributed by atoms with Crippen LogP contribution in [0.4, 0.5) is 0 Å². The van der Waals surface area contributed by atoms with E-state index in [0.29, 0.717) is 6.04 Å². The standard InChI is InChI=1S/C14H22N2O/c1-15(11-13-5-3-2-4-6-13)14-7-8-16(12-14)9-10-17/h2-6,14,17H,7-12H2,1H3/t14-/m1/s1. The highest BCUT2D eigenvalue weighted by molar-refractivity contribution is 5.14. The van der Waals surface area contributed by atoms with E-state index >= 15 is 0 Å². The van der Waals surface area contributed by atoms with Gasteiger partial charge in [-0.05, 0) is 25.6 Å². The topological polar surface area (TPSA) is 26.7 Å². The molecule has 0 bridgehead atoms. The van der Waals surface area contributed by atoms with Crippen LogP contribution in [-0.4, -0.2) is 54.2 Å². The van der Waals surface area contributed by atoms with Crippen LogP contribution in [0, 0.1) is 0 Å². The lowest BCUT2D eigenvalue weighted by Gasteiger charge is -2.24. The maximum absolute atomic E-state index is 8.93. The summed E-state index contributed by atoms with van der Waals surface area (Å²) < 4.78 is 0. The van der Waals surface area contributed by atoms with Crippen LogP contribution in [0.5, 0.6) is 0 Å². The molecule has 0 amide bonds. The average Bonchev–Trinajstić information content (AvgIpc) is 2.79. The highest BCUT2D eigenvalue weighted by atomic mass is 16.3. The number of nitrogens with zero attached hydrogens (tertiary/aromatic N) is 2. The van der Waals surface area contributed by atoms with E-state index in [1.807, 2.05) is 0 Å². The van der Waals surface area contributed by atoms with Crippen LogP contribution >= 0.6 is 0 Å². The Bertz CT molecular complexity index is 328. The van der Waals surface area contributed by atoms with Gasteiger partial charge in [0.25, 0.3) is 0 Å². The lowest BCUT2D eigenvalue weighted by molar-refractivity contribution is 0.195. The van der Waals surface area contributed by atoms with Crippen molar-refractivity contribution in [2.75, 3.05) is 33.3 Å². The van der Waals surface area contributed by atoms with E-state index in [2.05, 4.69) is 47.2 Å². The van der Waals surface area contributed by atoms with Gasteiger partial charge in [-0.1, -0.05) is 30.3 Å². The predicted molar refractivity (Wildman–Crippen MR) is 69.8 cm³/mol. The van der Waals surface area contributed by atoms with E-state index in [4.69, 9.17) is 5.11 Å². The molecular formula is C14H22N2O. The Morgan fingerprint density at radius 3 is 2.82 bits per heavy atom. The largest absolute Gasteiger partial charge is 0.395 e. The van der Waals surface area contributed by atoms with Crippen molar-refractivity contribution in [2.45, 2.75) is 19.0 Å². The number of rotatable bonds is 5. The predicted octanol–water partition coefficient (Wildman–Crippen LogP) is 1.19. The fraction of sp³-hybridized carbons (Fsp3) is 0.571. The van der Waals surface area contributed by atoms with Crippen LogP contribution in [0.15, 0.2) is 30.3 Å². The molecule has 1 aromatic rings. The molecule has 0 aliphatic carbocycles. The summed E-state index contributed by atoms with van der Waals surface area (Å²) in [5.41, 5.74) is 1.37. The lowest BCUT2D eigenvalue weighted by Crippen LogP contribution is -2.34. The summed E-state index contributed by atoms with van der Waals surface area (Å²) >= 11 is 0. The van der Waals surface area contributed by atoms with E-state index in [1.165, 1.54) is 12.0 Å². The van der Waals surface area contributed by atoms with Gasteiger partial charge in [0.05, 0.1) is 6.61 Å². The molecule has 1 aliphatic rings. The number of hydrogen-bond donors (Lipinski definition) is 1. The van der Waals surface area contributed by atoms with Gasteiger partial charge in [0, 0.05) is 25.7 Å². The molecule has 1 atom stereocenters. The monoisotopic (exact) mass is 234 g/mol. The molecule has 0 spiro atoms. The van der Waals surface area contributed by atoms with E-state index in [-0.39, 0.29) is 6.61 Å². The van der Waals surface area contributed by atoms with Gasteiger partial charge in [0.2, 0.25) is 0 Å². The molecule has 1 aliphatic heterocycles. The highest BCUT2D eigenvalue weighted by Crippen LogP contribution is 2.16. The van der Waals surface area contributed by atoms with Crippen molar-refractivity contribution in [2.24, 2.45) is 0 Å². The van der Waals surface area contributed by atoms with Crippen molar-refractivity contribution in [1.82, 2.24) is 9.80 Å². The Hall–Kier alpha value is -0.900. The summed E-state index contributed by atoms with van der Waals surface area (Å²) in [6.45, 7) is 4.30. The first-order valence-electron chi connectivity index (χ1n) is 6.37. The van der Waals surface area contributed by atoms with E-state index in [1.54, 1.807) is 0 Å². The van der Waals surface area contributed by atoms with Crippen molar-refractivity contribution in [3.05, 3.63) is 35.9 Å². The third-order valence-electron chi connectivity index (χ3n) is 3.56. The minimum Gasteiger partial charge on any atom is -0.395 e. The molecule has 1 heterocycles. The Labute approximate surface area is 104 Å². The molecule has 94 valence electrons. The number of hydrogen-bond acceptors (Lipinski definition) is 3. The number of likely N-dealkylation sites (tertiary alicyclic amines) is 1. The molecule has 1 N–H and O–H groups in total. The molecule has 3 heteroatoms. The van der Waals surface area contributed by atoms with Gasteiger partial charge in [-0.25, -0.2) is 0 Å². The Morgan fingerprint density at radius 2 is 2.12 bits per heavy atom. The fourth-order valence-corrected chi connectivity index (χ4v) is 2.52. The zero-order valence-corrected chi connectivity index (χ0v) is 10.5. The Morgan fingerprint density at radius 1 is 1.35 bits per heavy atom. The average molecular weight is 234 g/mol. The maximum atomic E-state index is 8.93. The summed E-state index contributed by atoms with van der Waals surface area (Å²) in [7, 11) is 2.19. The van der Waals surface area contributed by atoms with Crippen LogP contribution in [0.25, 0.3) is 0 Å². The number of β-amino-alcohol motifs (C(OH)–C–C–N with tert-alkyl or cyclic N) is 1. The third-order valence-corrected chi connectivity index (χ3v) is 3.56. The normalized spacial score (nSPS) is 21.2. The molecular weight excluding hydrogens is 212 g/mol. The maximum Gasteiger partial charge on any atom is 0.0558 e. The van der Waals surface area contributed by atoms with Gasteiger partial charge in [-0.3, -0.25) is 9.80 Å². The summed E-state index contributed by atoms with van der Waals surface area (Å²) in [6, 6.07) is 11.2. The van der Waals surface area contributed by atoms with Crippen LogP contribution in [0.1, 0.15) is 12.0 Å². The zero-order chi connectivity index (χ0) is 12.1. The molecule has 1 fully saturated rings. The van der Waals surface area contributed by atoms with Crippen molar-refractivity contribution in [1.29, 1.82) is 0 Å². The van der Waals surface area contributed by atoms with Gasteiger partial charge < -0.3 is 5.11 Å². The molecule has 1 saturated heterocycles. The van der Waals surface area contributed by atoms with Gasteiger partial charge in [0.1, 0.15) is 0 Å². The van der Waals surface area contributed by atoms with Crippen molar-refractivity contribution >= 4 is 0 Å². The third kappa shape index (κ3) is 3.53. The highest BCUT2D eigenvalue weighted by Gasteiger charge is 2.24. The van der Waals surface area contributed by atoms with Crippen molar-refractivity contribution in [3.63, 3.8) is 0 Å². The molecule has 0 radical (unpaired) electrons. The van der Waals surface area contributed by atoms with Crippen LogP contribution in [-0.2, 0) is 6.54 Å². The van der Waals surface area contributed by atoms with Crippen LogP contribution < -0.4 is 0 Å². The number of aliphatic hydroxyl groups excluding tert-OH is 1. The van der Waals surface area contributed by atoms with Crippen LogP contribution in [0.3, 0.4) is 0 Å². The van der Waals surface area contributed by atoms with Gasteiger partial charge in [-0.2, -0.15) is 0 Å². The second kappa shape index (κ2) is 6.15. The summed E-state index contributed by atoms with van der Waals surface area (Å²) in [6.07, 6.45) is 1.21. The minimum absolute atomic E-state index is 0.273. The molecule has 2 rings (SSSR count). The van der Waals surface area contributed by atoms with E-state index < -0.39 is 0 Å². The molecule has 17 heavy (non-hydrogen) atoms. The SMILES string of the molecule is CN(Cc1ccccc1)[C@@H]1CCN(CCO)C1. The Kier molecular flexibility index (Phi) is 4.54. The van der Waals surface area contributed by atoms with Crippen molar-refractivity contribution < 1.29 is 5.11 Å². The fourth-order valence-electron chi connectivity index (χ4n) is 2.52. The smallest absolute Gasteiger partial charge is 0.0558 e. The van der Waals surface area contributed by atoms with E-state index in [0.717, 1.165) is 26.2 Å². The first kappa shape index (κ1) is 12.6. The van der Waals surface area contributed by atoms with Gasteiger partial charge in [-0.15, -0.1) is 0 Å². The molecule has 0 saturated carbocycles. The van der Waals surface area contributed by atoms with Crippen LogP contribution in [0.2, 0.25) is 0 Å².